The molecule has 2 nitrogen and oxygen atoms in total. The fraction of sp³-hybridized carbons (Fsp3) is 0.0714. The van der Waals surface area contributed by atoms with Crippen molar-refractivity contribution in [3.8, 4) is 11.8 Å². The molecule has 2 aromatic carbocycles. The molecule has 84 valence electrons. The zero-order chi connectivity index (χ0) is 12.1. The van der Waals surface area contributed by atoms with Crippen molar-refractivity contribution in [1.29, 1.82) is 5.26 Å². The first kappa shape index (κ1) is 11.5. The molecule has 0 bridgehead atoms. The highest BCUT2D eigenvalue weighted by Gasteiger charge is 2.06. The van der Waals surface area contributed by atoms with E-state index >= 15 is 0 Å². The lowest BCUT2D eigenvalue weighted by Crippen LogP contribution is -1.96. The predicted octanol–water partition coefficient (Wildman–Crippen LogP) is 3.79. The Morgan fingerprint density at radius 3 is 2.53 bits per heavy atom. The molecule has 0 amide bonds. The molecule has 0 atom stereocenters. The second kappa shape index (κ2) is 5.38. The molecule has 2 aromatic rings. The van der Waals surface area contributed by atoms with Crippen molar-refractivity contribution in [2.45, 2.75) is 6.61 Å². The quantitative estimate of drug-likeness (QED) is 0.822. The number of nitriles is 1. The molecule has 0 saturated heterocycles. The molecule has 0 aliphatic heterocycles. The highest BCUT2D eigenvalue weighted by molar-refractivity contribution is 6.33. The predicted molar refractivity (Wildman–Crippen MR) is 66.9 cm³/mol. The van der Waals surface area contributed by atoms with E-state index in [0.29, 0.717) is 22.9 Å². The lowest BCUT2D eigenvalue weighted by Gasteiger charge is -2.08. The van der Waals surface area contributed by atoms with Gasteiger partial charge in [-0.25, -0.2) is 0 Å². The van der Waals surface area contributed by atoms with Gasteiger partial charge >= 0.3 is 0 Å². The van der Waals surface area contributed by atoms with E-state index < -0.39 is 0 Å². The molecule has 0 spiro atoms. The first-order chi connectivity index (χ1) is 8.31. The van der Waals surface area contributed by atoms with Gasteiger partial charge in [-0.3, -0.25) is 0 Å². The van der Waals surface area contributed by atoms with Crippen LogP contribution in [0.3, 0.4) is 0 Å². The fourth-order valence-electron chi connectivity index (χ4n) is 1.44. The van der Waals surface area contributed by atoms with Crippen LogP contribution < -0.4 is 4.74 Å². The van der Waals surface area contributed by atoms with Crippen LogP contribution in [-0.2, 0) is 6.61 Å². The van der Waals surface area contributed by atoms with E-state index in [-0.39, 0.29) is 0 Å². The third-order valence-electron chi connectivity index (χ3n) is 2.32. The second-order valence-corrected chi connectivity index (χ2v) is 3.88. The summed E-state index contributed by atoms with van der Waals surface area (Å²) in [5.41, 5.74) is 1.49. The number of ether oxygens (including phenoxy) is 1. The summed E-state index contributed by atoms with van der Waals surface area (Å²) >= 11 is 6.03. The van der Waals surface area contributed by atoms with Crippen LogP contribution >= 0.6 is 11.6 Å². The largest absolute Gasteiger partial charge is 0.487 e. The number of hydrogen-bond donors (Lipinski definition) is 0. The number of hydrogen-bond acceptors (Lipinski definition) is 2. The maximum Gasteiger partial charge on any atom is 0.139 e. The average Bonchev–Trinajstić information content (AvgIpc) is 2.39. The first-order valence-corrected chi connectivity index (χ1v) is 5.54. The van der Waals surface area contributed by atoms with E-state index in [1.165, 1.54) is 0 Å². The Bertz CT molecular complexity index is 546. The normalized spacial score (nSPS) is 9.65. The maximum absolute atomic E-state index is 8.84. The molecule has 0 unspecified atom stereocenters. The van der Waals surface area contributed by atoms with Crippen LogP contribution in [0, 0.1) is 11.3 Å². The van der Waals surface area contributed by atoms with Gasteiger partial charge < -0.3 is 4.74 Å². The topological polar surface area (TPSA) is 33.0 Å². The van der Waals surface area contributed by atoms with Crippen LogP contribution in [-0.4, -0.2) is 0 Å². The first-order valence-electron chi connectivity index (χ1n) is 5.16. The van der Waals surface area contributed by atoms with Crippen molar-refractivity contribution < 1.29 is 4.74 Å². The van der Waals surface area contributed by atoms with Gasteiger partial charge in [0.2, 0.25) is 0 Å². The van der Waals surface area contributed by atoms with Gasteiger partial charge in [0, 0.05) is 0 Å². The molecule has 2 rings (SSSR count). The van der Waals surface area contributed by atoms with Crippen molar-refractivity contribution >= 4 is 11.6 Å². The minimum atomic E-state index is 0.367. The smallest absolute Gasteiger partial charge is 0.139 e. The lowest BCUT2D eigenvalue weighted by atomic mass is 10.2. The average molecular weight is 244 g/mol. The molecule has 0 fully saturated rings. The standard InChI is InChI=1S/C14H10ClNO/c15-14-12(9-16)7-4-8-13(14)17-10-11-5-2-1-3-6-11/h1-8H,10H2. The third-order valence-corrected chi connectivity index (χ3v) is 2.71. The third kappa shape index (κ3) is 2.77. The van der Waals surface area contributed by atoms with Crippen LogP contribution in [0.15, 0.2) is 48.5 Å². The zero-order valence-corrected chi connectivity index (χ0v) is 9.82. The zero-order valence-electron chi connectivity index (χ0n) is 9.06. The highest BCUT2D eigenvalue weighted by atomic mass is 35.5. The number of benzene rings is 2. The Balaban J connectivity index is 2.13. The Hall–Kier alpha value is -1.98. The molecule has 0 heterocycles. The van der Waals surface area contributed by atoms with Gasteiger partial charge in [0.1, 0.15) is 23.4 Å². The summed E-state index contributed by atoms with van der Waals surface area (Å²) in [4.78, 5) is 0. The summed E-state index contributed by atoms with van der Waals surface area (Å²) in [7, 11) is 0. The molecule has 3 heteroatoms. The van der Waals surface area contributed by atoms with Crippen LogP contribution in [0.1, 0.15) is 11.1 Å². The van der Waals surface area contributed by atoms with Crippen LogP contribution in [0.4, 0.5) is 0 Å². The van der Waals surface area contributed by atoms with Gasteiger partial charge in [-0.1, -0.05) is 48.0 Å². The second-order valence-electron chi connectivity index (χ2n) is 3.50. The van der Waals surface area contributed by atoms with Crippen LogP contribution in [0.5, 0.6) is 5.75 Å². The number of nitrogens with zero attached hydrogens (tertiary/aromatic N) is 1. The Kier molecular flexibility index (Phi) is 3.64. The van der Waals surface area contributed by atoms with Gasteiger partial charge in [0.05, 0.1) is 5.56 Å². The monoisotopic (exact) mass is 243 g/mol. The molecule has 0 aromatic heterocycles. The summed E-state index contributed by atoms with van der Waals surface area (Å²) in [6, 6.07) is 17.0. The molecule has 0 saturated carbocycles. The van der Waals surface area contributed by atoms with Gasteiger partial charge in [0.25, 0.3) is 0 Å². The number of rotatable bonds is 3. The molecule has 0 radical (unpaired) electrons. The molecular weight excluding hydrogens is 234 g/mol. The van der Waals surface area contributed by atoms with E-state index in [4.69, 9.17) is 21.6 Å². The number of halogens is 1. The molecule has 0 N–H and O–H groups in total. The van der Waals surface area contributed by atoms with Gasteiger partial charge in [-0.2, -0.15) is 5.26 Å². The van der Waals surface area contributed by atoms with E-state index in [1.807, 2.05) is 36.4 Å². The molecular formula is C14H10ClNO. The van der Waals surface area contributed by atoms with Gasteiger partial charge in [-0.15, -0.1) is 0 Å². The highest BCUT2D eigenvalue weighted by Crippen LogP contribution is 2.28. The minimum absolute atomic E-state index is 0.367. The fourth-order valence-corrected chi connectivity index (χ4v) is 1.67. The summed E-state index contributed by atoms with van der Waals surface area (Å²) in [5, 5.41) is 9.20. The molecule has 0 aliphatic carbocycles. The summed E-state index contributed by atoms with van der Waals surface area (Å²) < 4.78 is 5.58. The Morgan fingerprint density at radius 1 is 1.06 bits per heavy atom. The van der Waals surface area contributed by atoms with Crippen LogP contribution in [0.25, 0.3) is 0 Å². The van der Waals surface area contributed by atoms with E-state index in [1.54, 1.807) is 18.2 Å². The van der Waals surface area contributed by atoms with E-state index in [2.05, 4.69) is 0 Å². The summed E-state index contributed by atoms with van der Waals surface area (Å²) in [6.45, 7) is 0.440. The summed E-state index contributed by atoms with van der Waals surface area (Å²) in [5.74, 6) is 0.537. The van der Waals surface area contributed by atoms with Crippen molar-refractivity contribution in [3.05, 3.63) is 64.7 Å². The minimum Gasteiger partial charge on any atom is -0.487 e. The van der Waals surface area contributed by atoms with Crippen LogP contribution in [0.2, 0.25) is 5.02 Å². The SMILES string of the molecule is N#Cc1cccc(OCc2ccccc2)c1Cl. The van der Waals surface area contributed by atoms with Gasteiger partial charge in [-0.05, 0) is 17.7 Å². The molecule has 0 aliphatic rings. The van der Waals surface area contributed by atoms with Crippen molar-refractivity contribution in [2.24, 2.45) is 0 Å². The summed E-state index contributed by atoms with van der Waals surface area (Å²) in [6.07, 6.45) is 0. The van der Waals surface area contributed by atoms with Gasteiger partial charge in [0.15, 0.2) is 0 Å². The molecule has 17 heavy (non-hydrogen) atoms. The van der Waals surface area contributed by atoms with E-state index in [9.17, 15) is 0 Å². The maximum atomic E-state index is 8.84. The van der Waals surface area contributed by atoms with Crippen molar-refractivity contribution in [1.82, 2.24) is 0 Å². The van der Waals surface area contributed by atoms with Crippen molar-refractivity contribution in [3.63, 3.8) is 0 Å². The Morgan fingerprint density at radius 2 is 1.82 bits per heavy atom. The lowest BCUT2D eigenvalue weighted by molar-refractivity contribution is 0.306. The van der Waals surface area contributed by atoms with E-state index in [0.717, 1.165) is 5.56 Å². The van der Waals surface area contributed by atoms with Crippen molar-refractivity contribution in [2.75, 3.05) is 0 Å². The Labute approximate surface area is 105 Å².